The number of hydrogen-bond donors (Lipinski definition) is 0. The number of rotatable bonds is 6. The molecule has 2 heterocycles. The molecule has 4 nitrogen and oxygen atoms in total. The molecule has 0 saturated carbocycles. The maximum absolute atomic E-state index is 5.63. The Morgan fingerprint density at radius 3 is 2.23 bits per heavy atom. The Morgan fingerprint density at radius 1 is 0.971 bits per heavy atom. The van der Waals surface area contributed by atoms with Gasteiger partial charge in [0.15, 0.2) is 0 Å². The van der Waals surface area contributed by atoms with Gasteiger partial charge in [0.1, 0.15) is 0 Å². The standard InChI is InChI=1S/C30H49N3O.ClH/c1-22(2)21-31-16-18-33(19-17-31)29-11-9-25(32-14-12-26(34-7)13-15-32)20-28(29)27-10-8-23(3)30(5,6)24(27)4;/h9,11,20,22-23,26H,8,10,12-19,21H2,1-7H3;1H. The third kappa shape index (κ3) is 6.19. The van der Waals surface area contributed by atoms with Crippen molar-refractivity contribution in [3.63, 3.8) is 0 Å². The number of allylic oxidation sites excluding steroid dienone is 2. The second-order valence-corrected chi connectivity index (χ2v) is 12.1. The van der Waals surface area contributed by atoms with E-state index >= 15 is 0 Å². The smallest absolute Gasteiger partial charge is 0.0605 e. The minimum absolute atomic E-state index is 0. The van der Waals surface area contributed by atoms with Crippen molar-refractivity contribution in [1.82, 2.24) is 4.90 Å². The molecule has 1 aromatic rings. The lowest BCUT2D eigenvalue weighted by atomic mass is 9.65. The van der Waals surface area contributed by atoms with Crippen LogP contribution < -0.4 is 9.80 Å². The van der Waals surface area contributed by atoms with Crippen molar-refractivity contribution >= 4 is 29.4 Å². The predicted octanol–water partition coefficient (Wildman–Crippen LogP) is 6.73. The summed E-state index contributed by atoms with van der Waals surface area (Å²) < 4.78 is 5.63. The number of methoxy groups -OCH3 is 1. The topological polar surface area (TPSA) is 19.0 Å². The number of ether oxygens (including phenoxy) is 1. The summed E-state index contributed by atoms with van der Waals surface area (Å²) in [7, 11) is 1.86. The van der Waals surface area contributed by atoms with Gasteiger partial charge in [0, 0.05) is 69.9 Å². The maximum Gasteiger partial charge on any atom is 0.0605 e. The van der Waals surface area contributed by atoms with E-state index in [0.29, 0.717) is 6.10 Å². The van der Waals surface area contributed by atoms with Crippen LogP contribution in [0.15, 0.2) is 23.8 Å². The summed E-state index contributed by atoms with van der Waals surface area (Å²) in [4.78, 5) is 7.89. The zero-order valence-electron chi connectivity index (χ0n) is 23.4. The molecule has 1 aliphatic carbocycles. The first-order chi connectivity index (χ1) is 16.2. The molecule has 3 aliphatic rings. The molecule has 1 aromatic carbocycles. The Morgan fingerprint density at radius 2 is 1.63 bits per heavy atom. The lowest BCUT2D eigenvalue weighted by molar-refractivity contribution is 0.0819. The molecule has 5 heteroatoms. The average molecular weight is 504 g/mol. The highest BCUT2D eigenvalue weighted by atomic mass is 35.5. The molecular weight excluding hydrogens is 454 g/mol. The number of benzene rings is 1. The van der Waals surface area contributed by atoms with Gasteiger partial charge in [-0.3, -0.25) is 4.90 Å². The molecule has 0 aromatic heterocycles. The van der Waals surface area contributed by atoms with Crippen molar-refractivity contribution in [3.05, 3.63) is 29.3 Å². The first-order valence-electron chi connectivity index (χ1n) is 13.8. The predicted molar refractivity (Wildman–Crippen MR) is 154 cm³/mol. The molecule has 198 valence electrons. The third-order valence-corrected chi connectivity index (χ3v) is 9.26. The van der Waals surface area contributed by atoms with E-state index in [1.54, 1.807) is 11.1 Å². The molecular formula is C30H50ClN3O. The van der Waals surface area contributed by atoms with Crippen molar-refractivity contribution in [2.75, 3.05) is 62.7 Å². The Balaban J connectivity index is 0.00000342. The van der Waals surface area contributed by atoms with Gasteiger partial charge in [-0.15, -0.1) is 12.4 Å². The number of nitrogens with zero attached hydrogens (tertiary/aromatic N) is 3. The second-order valence-electron chi connectivity index (χ2n) is 12.1. The fourth-order valence-electron chi connectivity index (χ4n) is 6.28. The van der Waals surface area contributed by atoms with Gasteiger partial charge in [-0.1, -0.05) is 40.2 Å². The zero-order chi connectivity index (χ0) is 24.5. The number of piperazine rings is 1. The summed E-state index contributed by atoms with van der Waals surface area (Å²) in [5.74, 6) is 1.47. The number of piperidine rings is 1. The highest BCUT2D eigenvalue weighted by molar-refractivity contribution is 5.85. The lowest BCUT2D eigenvalue weighted by Crippen LogP contribution is -2.47. The summed E-state index contributed by atoms with van der Waals surface area (Å²) in [6.45, 7) is 22.4. The van der Waals surface area contributed by atoms with E-state index in [4.69, 9.17) is 4.74 Å². The zero-order valence-corrected chi connectivity index (χ0v) is 24.2. The second kappa shape index (κ2) is 11.9. The first-order valence-corrected chi connectivity index (χ1v) is 13.8. The fourth-order valence-corrected chi connectivity index (χ4v) is 6.28. The molecule has 0 spiro atoms. The van der Waals surface area contributed by atoms with Gasteiger partial charge in [-0.25, -0.2) is 0 Å². The van der Waals surface area contributed by atoms with Gasteiger partial charge in [0.25, 0.3) is 0 Å². The highest BCUT2D eigenvalue weighted by Crippen LogP contribution is 2.49. The minimum atomic E-state index is 0. The largest absolute Gasteiger partial charge is 0.381 e. The van der Waals surface area contributed by atoms with Crippen LogP contribution in [0.3, 0.4) is 0 Å². The molecule has 4 rings (SSSR count). The van der Waals surface area contributed by atoms with Crippen LogP contribution in [0, 0.1) is 17.3 Å². The van der Waals surface area contributed by atoms with Crippen molar-refractivity contribution < 1.29 is 4.74 Å². The van der Waals surface area contributed by atoms with E-state index in [2.05, 4.69) is 74.4 Å². The van der Waals surface area contributed by atoms with Crippen molar-refractivity contribution in [2.24, 2.45) is 17.3 Å². The average Bonchev–Trinajstić information content (AvgIpc) is 2.83. The molecule has 2 fully saturated rings. The van der Waals surface area contributed by atoms with Gasteiger partial charge in [0.2, 0.25) is 0 Å². The van der Waals surface area contributed by atoms with Crippen molar-refractivity contribution in [3.8, 4) is 0 Å². The molecule has 1 unspecified atom stereocenters. The third-order valence-electron chi connectivity index (χ3n) is 9.26. The van der Waals surface area contributed by atoms with Crippen LogP contribution in [0.2, 0.25) is 0 Å². The van der Waals surface area contributed by atoms with E-state index in [1.165, 1.54) is 49.4 Å². The molecule has 2 saturated heterocycles. The van der Waals surface area contributed by atoms with E-state index in [1.807, 2.05) is 7.11 Å². The molecule has 0 bridgehead atoms. The van der Waals surface area contributed by atoms with Gasteiger partial charge >= 0.3 is 0 Å². The maximum atomic E-state index is 5.63. The highest BCUT2D eigenvalue weighted by Gasteiger charge is 2.35. The number of halogens is 1. The Hall–Kier alpha value is -1.23. The van der Waals surface area contributed by atoms with Crippen molar-refractivity contribution in [1.29, 1.82) is 0 Å². The molecule has 0 N–H and O–H groups in total. The molecule has 0 amide bonds. The van der Waals surface area contributed by atoms with E-state index < -0.39 is 0 Å². The van der Waals surface area contributed by atoms with E-state index in [0.717, 1.165) is 50.9 Å². The van der Waals surface area contributed by atoms with Crippen LogP contribution in [-0.4, -0.2) is 63.9 Å². The summed E-state index contributed by atoms with van der Waals surface area (Å²) >= 11 is 0. The van der Waals surface area contributed by atoms with Gasteiger partial charge in [-0.2, -0.15) is 0 Å². The van der Waals surface area contributed by atoms with E-state index in [9.17, 15) is 0 Å². The SMILES string of the molecule is COC1CCN(c2ccc(N3CCN(CC(C)C)CC3)c(C3=C(C)C(C)(C)C(C)CC3)c2)CC1.Cl. The quantitative estimate of drug-likeness (QED) is 0.428. The Labute approximate surface area is 221 Å². The summed E-state index contributed by atoms with van der Waals surface area (Å²) in [5.41, 5.74) is 7.81. The Bertz CT molecular complexity index is 864. The normalized spacial score (nSPS) is 24.2. The summed E-state index contributed by atoms with van der Waals surface area (Å²) in [6, 6.07) is 7.36. The van der Waals surface area contributed by atoms with Gasteiger partial charge < -0.3 is 14.5 Å². The van der Waals surface area contributed by atoms with Crippen LogP contribution in [-0.2, 0) is 4.74 Å². The van der Waals surface area contributed by atoms with Gasteiger partial charge in [0.05, 0.1) is 6.10 Å². The molecule has 1 atom stereocenters. The molecule has 0 radical (unpaired) electrons. The summed E-state index contributed by atoms with van der Waals surface area (Å²) in [6.07, 6.45) is 5.15. The molecule has 35 heavy (non-hydrogen) atoms. The van der Waals surface area contributed by atoms with Crippen LogP contribution >= 0.6 is 12.4 Å². The molecule has 2 aliphatic heterocycles. The van der Waals surface area contributed by atoms with Gasteiger partial charge in [-0.05, 0) is 73.6 Å². The Kier molecular flexibility index (Phi) is 9.62. The van der Waals surface area contributed by atoms with Crippen LogP contribution in [0.5, 0.6) is 0 Å². The number of hydrogen-bond acceptors (Lipinski definition) is 4. The summed E-state index contributed by atoms with van der Waals surface area (Å²) in [5, 5.41) is 0. The lowest BCUT2D eigenvalue weighted by Gasteiger charge is -2.42. The monoisotopic (exact) mass is 503 g/mol. The first kappa shape index (κ1) is 28.3. The minimum Gasteiger partial charge on any atom is -0.381 e. The number of anilines is 2. The van der Waals surface area contributed by atoms with E-state index in [-0.39, 0.29) is 17.8 Å². The van der Waals surface area contributed by atoms with Crippen molar-refractivity contribution in [2.45, 2.75) is 73.3 Å². The fraction of sp³-hybridized carbons (Fsp3) is 0.733. The van der Waals surface area contributed by atoms with Crippen LogP contribution in [0.25, 0.3) is 5.57 Å². The van der Waals surface area contributed by atoms with Crippen LogP contribution in [0.4, 0.5) is 11.4 Å². The van der Waals surface area contributed by atoms with Crippen LogP contribution in [0.1, 0.15) is 72.8 Å².